The van der Waals surface area contributed by atoms with Gasteiger partial charge in [-0.05, 0) is 66.9 Å². The Morgan fingerprint density at radius 1 is 0.853 bits per heavy atom. The first-order valence-electron chi connectivity index (χ1n) is 11.2. The maximum absolute atomic E-state index is 13.1. The minimum Gasteiger partial charge on any atom is -0.493 e. The van der Waals surface area contributed by atoms with Gasteiger partial charge >= 0.3 is 0 Å². The monoisotopic (exact) mass is 506 g/mol. The molecule has 1 saturated heterocycles. The summed E-state index contributed by atoms with van der Waals surface area (Å²) in [6, 6.07) is 23.6. The highest BCUT2D eigenvalue weighted by molar-refractivity contribution is 5.85. The molecule has 1 fully saturated rings. The van der Waals surface area contributed by atoms with Crippen molar-refractivity contribution < 1.29 is 13.9 Å². The molecular formula is C27H33Cl2FN2O2. The van der Waals surface area contributed by atoms with Crippen LogP contribution in [0.25, 0.3) is 0 Å². The van der Waals surface area contributed by atoms with E-state index in [0.717, 1.165) is 44.6 Å². The number of likely N-dealkylation sites (tertiary alicyclic amines) is 1. The van der Waals surface area contributed by atoms with Gasteiger partial charge in [0, 0.05) is 19.1 Å². The number of hydrogen-bond acceptors (Lipinski definition) is 4. The second kappa shape index (κ2) is 14.2. The van der Waals surface area contributed by atoms with Crippen molar-refractivity contribution in [3.05, 3.63) is 95.3 Å². The highest BCUT2D eigenvalue weighted by Crippen LogP contribution is 2.29. The van der Waals surface area contributed by atoms with Gasteiger partial charge in [-0.3, -0.25) is 4.90 Å². The summed E-state index contributed by atoms with van der Waals surface area (Å²) in [4.78, 5) is 2.53. The average Bonchev–Trinajstić information content (AvgIpc) is 2.84. The van der Waals surface area contributed by atoms with Crippen LogP contribution in [0.3, 0.4) is 0 Å². The quantitative estimate of drug-likeness (QED) is 0.385. The maximum atomic E-state index is 13.1. The van der Waals surface area contributed by atoms with Gasteiger partial charge in [0.1, 0.15) is 12.4 Å². The molecular weight excluding hydrogens is 474 g/mol. The molecule has 0 radical (unpaired) electrons. The number of hydrogen-bond donors (Lipinski definition) is 1. The third-order valence-corrected chi connectivity index (χ3v) is 5.97. The summed E-state index contributed by atoms with van der Waals surface area (Å²) in [6.45, 7) is 4.44. The van der Waals surface area contributed by atoms with Gasteiger partial charge in [0.05, 0.1) is 7.11 Å². The summed E-state index contributed by atoms with van der Waals surface area (Å²) in [7, 11) is 1.65. The molecule has 34 heavy (non-hydrogen) atoms. The molecule has 1 aliphatic rings. The van der Waals surface area contributed by atoms with Gasteiger partial charge in [-0.15, -0.1) is 24.8 Å². The highest BCUT2D eigenvalue weighted by atomic mass is 35.5. The summed E-state index contributed by atoms with van der Waals surface area (Å²) < 4.78 is 24.5. The van der Waals surface area contributed by atoms with Crippen LogP contribution in [-0.2, 0) is 19.7 Å². The lowest BCUT2D eigenvalue weighted by molar-refractivity contribution is 0.190. The van der Waals surface area contributed by atoms with E-state index in [1.54, 1.807) is 19.2 Å². The Morgan fingerprint density at radius 3 is 2.21 bits per heavy atom. The van der Waals surface area contributed by atoms with Crippen molar-refractivity contribution in [3.8, 4) is 11.5 Å². The number of ether oxygens (including phenoxy) is 2. The van der Waals surface area contributed by atoms with Crippen LogP contribution in [-0.4, -0.2) is 31.1 Å². The number of rotatable bonds is 9. The Labute approximate surface area is 214 Å². The smallest absolute Gasteiger partial charge is 0.161 e. The third kappa shape index (κ3) is 8.17. The van der Waals surface area contributed by atoms with Crippen molar-refractivity contribution in [2.24, 2.45) is 0 Å². The van der Waals surface area contributed by atoms with E-state index < -0.39 is 0 Å². The van der Waals surface area contributed by atoms with Gasteiger partial charge in [0.25, 0.3) is 0 Å². The van der Waals surface area contributed by atoms with Gasteiger partial charge in [-0.25, -0.2) is 4.39 Å². The van der Waals surface area contributed by atoms with Crippen LogP contribution in [0.2, 0.25) is 0 Å². The Morgan fingerprint density at radius 2 is 1.53 bits per heavy atom. The Kier molecular flexibility index (Phi) is 11.6. The van der Waals surface area contributed by atoms with Crippen molar-refractivity contribution in [1.82, 2.24) is 10.2 Å². The van der Waals surface area contributed by atoms with Crippen molar-refractivity contribution in [2.45, 2.75) is 38.6 Å². The molecule has 184 valence electrons. The third-order valence-electron chi connectivity index (χ3n) is 5.97. The Hall–Kier alpha value is -2.31. The van der Waals surface area contributed by atoms with Crippen LogP contribution in [0.4, 0.5) is 4.39 Å². The molecule has 0 aromatic heterocycles. The largest absolute Gasteiger partial charge is 0.493 e. The molecule has 0 saturated carbocycles. The molecule has 3 aromatic rings. The molecule has 4 nitrogen and oxygen atoms in total. The van der Waals surface area contributed by atoms with E-state index in [2.05, 4.69) is 46.6 Å². The van der Waals surface area contributed by atoms with Gasteiger partial charge in [0.15, 0.2) is 11.5 Å². The van der Waals surface area contributed by atoms with Crippen LogP contribution < -0.4 is 14.8 Å². The first kappa shape index (κ1) is 27.9. The predicted octanol–water partition coefficient (Wildman–Crippen LogP) is 6.01. The number of halogens is 3. The zero-order valence-corrected chi connectivity index (χ0v) is 21.0. The number of piperidine rings is 1. The first-order valence-corrected chi connectivity index (χ1v) is 11.2. The highest BCUT2D eigenvalue weighted by Gasteiger charge is 2.19. The normalized spacial score (nSPS) is 14.1. The summed E-state index contributed by atoms with van der Waals surface area (Å²) in [5.41, 5.74) is 3.47. The lowest BCUT2D eigenvalue weighted by Crippen LogP contribution is -2.41. The van der Waals surface area contributed by atoms with Crippen LogP contribution >= 0.6 is 24.8 Å². The summed E-state index contributed by atoms with van der Waals surface area (Å²) >= 11 is 0. The number of methoxy groups -OCH3 is 1. The maximum Gasteiger partial charge on any atom is 0.161 e. The van der Waals surface area contributed by atoms with Crippen molar-refractivity contribution in [3.63, 3.8) is 0 Å². The SMILES string of the molecule is COc1cc(CNC2CCN(Cc3ccccc3)CC2)ccc1OCc1ccc(F)cc1.Cl.Cl. The van der Waals surface area contributed by atoms with E-state index in [4.69, 9.17) is 9.47 Å². The summed E-state index contributed by atoms with van der Waals surface area (Å²) in [5, 5.41) is 3.70. The summed E-state index contributed by atoms with van der Waals surface area (Å²) in [6.07, 6.45) is 2.31. The fourth-order valence-electron chi connectivity index (χ4n) is 4.08. The zero-order chi connectivity index (χ0) is 22.2. The Balaban J connectivity index is 0.00000204. The van der Waals surface area contributed by atoms with Gasteiger partial charge < -0.3 is 14.8 Å². The number of nitrogens with one attached hydrogen (secondary N) is 1. The van der Waals surface area contributed by atoms with E-state index in [9.17, 15) is 4.39 Å². The molecule has 7 heteroatoms. The van der Waals surface area contributed by atoms with E-state index in [1.807, 2.05) is 12.1 Å². The molecule has 0 bridgehead atoms. The van der Waals surface area contributed by atoms with Crippen molar-refractivity contribution >= 4 is 24.8 Å². The topological polar surface area (TPSA) is 33.7 Å². The molecule has 0 aliphatic carbocycles. The first-order chi connectivity index (χ1) is 15.7. The van der Waals surface area contributed by atoms with E-state index in [-0.39, 0.29) is 30.6 Å². The Bertz CT molecular complexity index is 982. The van der Waals surface area contributed by atoms with Gasteiger partial charge in [0.2, 0.25) is 0 Å². The molecule has 1 heterocycles. The van der Waals surface area contributed by atoms with E-state index >= 15 is 0 Å². The molecule has 1 N–H and O–H groups in total. The van der Waals surface area contributed by atoms with Gasteiger partial charge in [-0.1, -0.05) is 48.5 Å². The zero-order valence-electron chi connectivity index (χ0n) is 19.4. The lowest BCUT2D eigenvalue weighted by Gasteiger charge is -2.32. The molecule has 4 rings (SSSR count). The standard InChI is InChI=1S/C27H31FN2O2.2ClH/c1-31-27-17-23(9-12-26(27)32-20-22-7-10-24(28)11-8-22)18-29-25-13-15-30(16-14-25)19-21-5-3-2-4-6-21;;/h2-12,17,25,29H,13-16,18-20H2,1H3;2*1H. The van der Waals surface area contributed by atoms with Crippen LogP contribution in [0, 0.1) is 5.82 Å². The van der Waals surface area contributed by atoms with E-state index in [1.165, 1.54) is 23.3 Å². The fourth-order valence-corrected chi connectivity index (χ4v) is 4.08. The van der Waals surface area contributed by atoms with Crippen LogP contribution in [0.5, 0.6) is 11.5 Å². The molecule has 3 aromatic carbocycles. The van der Waals surface area contributed by atoms with Gasteiger partial charge in [-0.2, -0.15) is 0 Å². The lowest BCUT2D eigenvalue weighted by atomic mass is 10.0. The average molecular weight is 507 g/mol. The van der Waals surface area contributed by atoms with Crippen molar-refractivity contribution in [1.29, 1.82) is 0 Å². The second-order valence-corrected chi connectivity index (χ2v) is 8.32. The number of benzene rings is 3. The second-order valence-electron chi connectivity index (χ2n) is 8.32. The molecule has 0 atom stereocenters. The summed E-state index contributed by atoms with van der Waals surface area (Å²) in [5.74, 6) is 1.16. The number of nitrogens with zero attached hydrogens (tertiary/aromatic N) is 1. The van der Waals surface area contributed by atoms with E-state index in [0.29, 0.717) is 24.1 Å². The molecule has 1 aliphatic heterocycles. The minimum atomic E-state index is -0.245. The molecule has 0 amide bonds. The van der Waals surface area contributed by atoms with Crippen LogP contribution in [0.15, 0.2) is 72.8 Å². The fraction of sp³-hybridized carbons (Fsp3) is 0.333. The minimum absolute atomic E-state index is 0. The van der Waals surface area contributed by atoms with Crippen molar-refractivity contribution in [2.75, 3.05) is 20.2 Å². The molecule has 0 unspecified atom stereocenters. The molecule has 0 spiro atoms. The van der Waals surface area contributed by atoms with Crippen LogP contribution in [0.1, 0.15) is 29.5 Å². The predicted molar refractivity (Wildman–Crippen MR) is 140 cm³/mol.